The van der Waals surface area contributed by atoms with Crippen LogP contribution >= 0.6 is 0 Å². The summed E-state index contributed by atoms with van der Waals surface area (Å²) in [5.41, 5.74) is 2.06. The number of nitrogens with one attached hydrogen (secondary N) is 2. The quantitative estimate of drug-likeness (QED) is 0.720. The van der Waals surface area contributed by atoms with E-state index in [1.165, 1.54) is 0 Å². The maximum atomic E-state index is 12.0. The van der Waals surface area contributed by atoms with Crippen molar-refractivity contribution >= 4 is 5.91 Å². The van der Waals surface area contributed by atoms with E-state index in [1.807, 2.05) is 42.5 Å². The summed E-state index contributed by atoms with van der Waals surface area (Å²) < 4.78 is 15.9. The molecule has 2 aromatic carbocycles. The number of para-hydroxylation sites is 1. The van der Waals surface area contributed by atoms with Crippen LogP contribution in [0.5, 0.6) is 17.2 Å². The van der Waals surface area contributed by atoms with Gasteiger partial charge >= 0.3 is 0 Å². The van der Waals surface area contributed by atoms with Gasteiger partial charge in [-0.15, -0.1) is 0 Å². The molecule has 2 N–H and O–H groups in total. The molecule has 2 aromatic rings. The van der Waals surface area contributed by atoms with Gasteiger partial charge in [0.1, 0.15) is 5.75 Å². The Labute approximate surface area is 147 Å². The summed E-state index contributed by atoms with van der Waals surface area (Å²) in [6.07, 6.45) is 0.416. The third-order valence-electron chi connectivity index (χ3n) is 3.96. The largest absolute Gasteiger partial charge is 0.496 e. The molecule has 0 bridgehead atoms. The van der Waals surface area contributed by atoms with Crippen molar-refractivity contribution in [3.05, 3.63) is 53.6 Å². The normalized spacial score (nSPS) is 12.0. The number of amides is 1. The van der Waals surface area contributed by atoms with Crippen LogP contribution in [0.25, 0.3) is 0 Å². The van der Waals surface area contributed by atoms with Gasteiger partial charge in [0.2, 0.25) is 12.7 Å². The molecule has 0 spiro atoms. The molecule has 0 fully saturated rings. The Morgan fingerprint density at radius 3 is 2.84 bits per heavy atom. The minimum atomic E-state index is 0.00379. The highest BCUT2D eigenvalue weighted by atomic mass is 16.7. The fraction of sp³-hybridized carbons (Fsp3) is 0.316. The molecule has 0 unspecified atom stereocenters. The van der Waals surface area contributed by atoms with E-state index in [2.05, 4.69) is 10.6 Å². The summed E-state index contributed by atoms with van der Waals surface area (Å²) in [7, 11) is 1.63. The van der Waals surface area contributed by atoms with Gasteiger partial charge in [0.05, 0.1) is 7.11 Å². The number of hydrogen-bond acceptors (Lipinski definition) is 5. The number of carbonyl (C=O) groups excluding carboxylic acids is 1. The molecule has 1 amide bonds. The van der Waals surface area contributed by atoms with Crippen LogP contribution in [0.4, 0.5) is 0 Å². The van der Waals surface area contributed by atoms with Gasteiger partial charge in [0.15, 0.2) is 11.5 Å². The van der Waals surface area contributed by atoms with Gasteiger partial charge in [0.25, 0.3) is 0 Å². The Morgan fingerprint density at radius 2 is 1.96 bits per heavy atom. The van der Waals surface area contributed by atoms with Gasteiger partial charge in [-0.1, -0.05) is 24.3 Å². The molecule has 25 heavy (non-hydrogen) atoms. The molecule has 1 heterocycles. The van der Waals surface area contributed by atoms with E-state index in [4.69, 9.17) is 14.2 Å². The summed E-state index contributed by atoms with van der Waals surface area (Å²) in [6, 6.07) is 13.5. The van der Waals surface area contributed by atoms with Crippen molar-refractivity contribution in [2.45, 2.75) is 19.5 Å². The first-order chi connectivity index (χ1) is 12.3. The zero-order valence-corrected chi connectivity index (χ0v) is 14.2. The van der Waals surface area contributed by atoms with E-state index in [-0.39, 0.29) is 12.7 Å². The van der Waals surface area contributed by atoms with Crippen LogP contribution in [0.1, 0.15) is 17.5 Å². The highest BCUT2D eigenvalue weighted by molar-refractivity contribution is 5.76. The Kier molecular flexibility index (Phi) is 5.74. The predicted octanol–water partition coefficient (Wildman–Crippen LogP) is 2.22. The molecule has 6 heteroatoms. The van der Waals surface area contributed by atoms with E-state index in [1.54, 1.807) is 7.11 Å². The fourth-order valence-electron chi connectivity index (χ4n) is 2.62. The summed E-state index contributed by atoms with van der Waals surface area (Å²) in [4.78, 5) is 12.0. The zero-order valence-electron chi connectivity index (χ0n) is 14.2. The SMILES string of the molecule is COc1ccccc1CNC(=O)CCNCc1ccc2c(c1)OCO2. The Morgan fingerprint density at radius 1 is 1.12 bits per heavy atom. The Balaban J connectivity index is 1.37. The van der Waals surface area contributed by atoms with Gasteiger partial charge in [-0.3, -0.25) is 4.79 Å². The second-order valence-corrected chi connectivity index (χ2v) is 5.70. The van der Waals surface area contributed by atoms with Gasteiger partial charge in [-0.25, -0.2) is 0 Å². The lowest BCUT2D eigenvalue weighted by atomic mass is 10.2. The van der Waals surface area contributed by atoms with E-state index in [9.17, 15) is 4.79 Å². The smallest absolute Gasteiger partial charge is 0.231 e. The molecule has 0 aromatic heterocycles. The maximum absolute atomic E-state index is 12.0. The van der Waals surface area contributed by atoms with E-state index < -0.39 is 0 Å². The number of rotatable bonds is 8. The van der Waals surface area contributed by atoms with Crippen LogP contribution in [0.15, 0.2) is 42.5 Å². The first kappa shape index (κ1) is 17.1. The van der Waals surface area contributed by atoms with Crippen molar-refractivity contribution < 1.29 is 19.0 Å². The molecule has 1 aliphatic rings. The molecule has 132 valence electrons. The molecule has 6 nitrogen and oxygen atoms in total. The third-order valence-corrected chi connectivity index (χ3v) is 3.96. The summed E-state index contributed by atoms with van der Waals surface area (Å²) >= 11 is 0. The Hall–Kier alpha value is -2.73. The number of fused-ring (bicyclic) bond motifs is 1. The van der Waals surface area contributed by atoms with Gasteiger partial charge in [-0.2, -0.15) is 0 Å². The van der Waals surface area contributed by atoms with Crippen LogP contribution in [-0.4, -0.2) is 26.4 Å². The topological polar surface area (TPSA) is 68.8 Å². The molecular weight excluding hydrogens is 320 g/mol. The highest BCUT2D eigenvalue weighted by Gasteiger charge is 2.13. The minimum Gasteiger partial charge on any atom is -0.496 e. The molecular formula is C19H22N2O4. The lowest BCUT2D eigenvalue weighted by molar-refractivity contribution is -0.121. The monoisotopic (exact) mass is 342 g/mol. The van der Waals surface area contributed by atoms with Gasteiger partial charge in [0, 0.05) is 31.6 Å². The van der Waals surface area contributed by atoms with E-state index >= 15 is 0 Å². The van der Waals surface area contributed by atoms with Gasteiger partial charge < -0.3 is 24.8 Å². The molecule has 0 saturated carbocycles. The van der Waals surface area contributed by atoms with Crippen LogP contribution in [0, 0.1) is 0 Å². The van der Waals surface area contributed by atoms with Gasteiger partial charge in [-0.05, 0) is 23.8 Å². The Bertz CT molecular complexity index is 733. The minimum absolute atomic E-state index is 0.00379. The second kappa shape index (κ2) is 8.39. The third kappa shape index (κ3) is 4.64. The van der Waals surface area contributed by atoms with Crippen molar-refractivity contribution in [3.63, 3.8) is 0 Å². The number of methoxy groups -OCH3 is 1. The molecule has 0 aliphatic carbocycles. The molecule has 0 saturated heterocycles. The number of ether oxygens (including phenoxy) is 3. The first-order valence-electron chi connectivity index (χ1n) is 8.24. The van der Waals surface area contributed by atoms with Crippen molar-refractivity contribution in [2.24, 2.45) is 0 Å². The number of benzene rings is 2. The molecule has 0 radical (unpaired) electrons. The van der Waals surface area contributed by atoms with Crippen LogP contribution < -0.4 is 24.8 Å². The van der Waals surface area contributed by atoms with E-state index in [0.717, 1.165) is 28.4 Å². The van der Waals surface area contributed by atoms with Crippen molar-refractivity contribution in [3.8, 4) is 17.2 Å². The number of hydrogen-bond donors (Lipinski definition) is 2. The van der Waals surface area contributed by atoms with Crippen molar-refractivity contribution in [1.29, 1.82) is 0 Å². The van der Waals surface area contributed by atoms with Crippen molar-refractivity contribution in [1.82, 2.24) is 10.6 Å². The lowest BCUT2D eigenvalue weighted by Gasteiger charge is -2.10. The molecule has 1 aliphatic heterocycles. The van der Waals surface area contributed by atoms with Crippen LogP contribution in [-0.2, 0) is 17.9 Å². The molecule has 0 atom stereocenters. The zero-order chi connectivity index (χ0) is 17.5. The first-order valence-corrected chi connectivity index (χ1v) is 8.24. The highest BCUT2D eigenvalue weighted by Crippen LogP contribution is 2.32. The molecule has 3 rings (SSSR count). The van der Waals surface area contributed by atoms with E-state index in [0.29, 0.717) is 26.1 Å². The second-order valence-electron chi connectivity index (χ2n) is 5.70. The van der Waals surface area contributed by atoms with Crippen LogP contribution in [0.3, 0.4) is 0 Å². The average Bonchev–Trinajstić information content (AvgIpc) is 3.11. The number of carbonyl (C=O) groups is 1. The summed E-state index contributed by atoms with van der Waals surface area (Å²) in [6.45, 7) is 2.02. The summed E-state index contributed by atoms with van der Waals surface area (Å²) in [5.74, 6) is 2.33. The standard InChI is InChI=1S/C19H22N2O4/c1-23-16-5-3-2-4-15(16)12-21-19(22)8-9-20-11-14-6-7-17-18(10-14)25-13-24-17/h2-7,10,20H,8-9,11-13H2,1H3,(H,21,22). The average molecular weight is 342 g/mol. The maximum Gasteiger partial charge on any atom is 0.231 e. The lowest BCUT2D eigenvalue weighted by Crippen LogP contribution is -2.27. The predicted molar refractivity (Wildman–Crippen MR) is 93.7 cm³/mol. The van der Waals surface area contributed by atoms with Crippen LogP contribution in [0.2, 0.25) is 0 Å². The van der Waals surface area contributed by atoms with Crippen molar-refractivity contribution in [2.75, 3.05) is 20.4 Å². The summed E-state index contributed by atoms with van der Waals surface area (Å²) in [5, 5.41) is 6.17. The fourth-order valence-corrected chi connectivity index (χ4v) is 2.62.